The van der Waals surface area contributed by atoms with Crippen molar-refractivity contribution in [2.75, 3.05) is 6.54 Å². The standard InChI is InChI=1S/C16H19N5O2S/c1-10-3-2-4-11(7-10)15-19-20-16(24)21(15)9-14(23)17-8-13(22)18-12-5-6-12/h2-4,7,12H,5-6,8-9H2,1H3,(H,17,23)(H,18,22)(H,20,24). The van der Waals surface area contributed by atoms with E-state index in [1.54, 1.807) is 4.57 Å². The lowest BCUT2D eigenvalue weighted by atomic mass is 10.1. The number of aryl methyl sites for hydroxylation is 1. The summed E-state index contributed by atoms with van der Waals surface area (Å²) in [4.78, 5) is 23.7. The fourth-order valence-electron chi connectivity index (χ4n) is 2.35. The SMILES string of the molecule is Cc1cccc(-c2n[nH]c(=S)n2CC(=O)NCC(=O)NC2CC2)c1. The Balaban J connectivity index is 1.66. The van der Waals surface area contributed by atoms with Gasteiger partial charge in [-0.3, -0.25) is 19.3 Å². The van der Waals surface area contributed by atoms with E-state index in [-0.39, 0.29) is 30.9 Å². The Hall–Kier alpha value is -2.48. The highest BCUT2D eigenvalue weighted by Gasteiger charge is 2.23. The summed E-state index contributed by atoms with van der Waals surface area (Å²) >= 11 is 5.21. The normalized spacial score (nSPS) is 13.5. The average Bonchev–Trinajstić information content (AvgIpc) is 3.29. The van der Waals surface area contributed by atoms with Crippen molar-refractivity contribution >= 4 is 24.0 Å². The summed E-state index contributed by atoms with van der Waals surface area (Å²) in [5, 5.41) is 12.4. The van der Waals surface area contributed by atoms with Gasteiger partial charge in [-0.05, 0) is 38.0 Å². The second kappa shape index (κ2) is 6.96. The monoisotopic (exact) mass is 345 g/mol. The van der Waals surface area contributed by atoms with Crippen molar-refractivity contribution < 1.29 is 9.59 Å². The van der Waals surface area contributed by atoms with Gasteiger partial charge in [-0.15, -0.1) is 0 Å². The quantitative estimate of drug-likeness (QED) is 0.689. The molecule has 7 nitrogen and oxygen atoms in total. The minimum Gasteiger partial charge on any atom is -0.352 e. The summed E-state index contributed by atoms with van der Waals surface area (Å²) in [6, 6.07) is 8.08. The van der Waals surface area contributed by atoms with Crippen LogP contribution in [0.25, 0.3) is 11.4 Å². The van der Waals surface area contributed by atoms with Crippen LogP contribution in [-0.2, 0) is 16.1 Å². The van der Waals surface area contributed by atoms with Crippen LogP contribution in [0.5, 0.6) is 0 Å². The lowest BCUT2D eigenvalue weighted by molar-refractivity contribution is -0.126. The molecule has 0 bridgehead atoms. The second-order valence-electron chi connectivity index (χ2n) is 5.93. The van der Waals surface area contributed by atoms with Gasteiger partial charge in [0.2, 0.25) is 11.8 Å². The fraction of sp³-hybridized carbons (Fsp3) is 0.375. The molecule has 2 amide bonds. The molecule has 1 aromatic carbocycles. The van der Waals surface area contributed by atoms with Gasteiger partial charge in [-0.25, -0.2) is 0 Å². The Kier molecular flexibility index (Phi) is 4.75. The highest BCUT2D eigenvalue weighted by atomic mass is 32.1. The molecule has 8 heteroatoms. The lowest BCUT2D eigenvalue weighted by Crippen LogP contribution is -2.39. The molecule has 0 radical (unpaired) electrons. The van der Waals surface area contributed by atoms with Crippen molar-refractivity contribution in [1.29, 1.82) is 0 Å². The van der Waals surface area contributed by atoms with Gasteiger partial charge in [0.15, 0.2) is 10.6 Å². The summed E-state index contributed by atoms with van der Waals surface area (Å²) in [6.07, 6.45) is 2.04. The van der Waals surface area contributed by atoms with E-state index in [1.165, 1.54) is 0 Å². The van der Waals surface area contributed by atoms with Gasteiger partial charge in [-0.2, -0.15) is 5.10 Å². The molecular weight excluding hydrogens is 326 g/mol. The van der Waals surface area contributed by atoms with Gasteiger partial charge < -0.3 is 10.6 Å². The Morgan fingerprint density at radius 3 is 2.88 bits per heavy atom. The molecule has 126 valence electrons. The van der Waals surface area contributed by atoms with Crippen molar-refractivity contribution in [3.63, 3.8) is 0 Å². The average molecular weight is 345 g/mol. The number of aromatic nitrogens is 3. The Morgan fingerprint density at radius 2 is 2.17 bits per heavy atom. The van der Waals surface area contributed by atoms with Crippen molar-refractivity contribution in [2.45, 2.75) is 32.4 Å². The van der Waals surface area contributed by atoms with Gasteiger partial charge in [-0.1, -0.05) is 23.8 Å². The molecule has 1 heterocycles. The molecule has 1 aliphatic carbocycles. The third-order valence-electron chi connectivity index (χ3n) is 3.72. The summed E-state index contributed by atoms with van der Waals surface area (Å²) < 4.78 is 1.99. The van der Waals surface area contributed by atoms with Crippen LogP contribution in [0.3, 0.4) is 0 Å². The van der Waals surface area contributed by atoms with Crippen molar-refractivity contribution in [3.05, 3.63) is 34.6 Å². The number of aromatic amines is 1. The first kappa shape index (κ1) is 16.4. The van der Waals surface area contributed by atoms with Crippen molar-refractivity contribution in [2.24, 2.45) is 0 Å². The molecule has 0 spiro atoms. The first-order chi connectivity index (χ1) is 11.5. The Morgan fingerprint density at radius 1 is 1.38 bits per heavy atom. The van der Waals surface area contributed by atoms with E-state index in [1.807, 2.05) is 31.2 Å². The smallest absolute Gasteiger partial charge is 0.240 e. The highest BCUT2D eigenvalue weighted by molar-refractivity contribution is 7.71. The van der Waals surface area contributed by atoms with Crippen LogP contribution >= 0.6 is 12.2 Å². The topological polar surface area (TPSA) is 91.8 Å². The minimum atomic E-state index is -0.285. The van der Waals surface area contributed by atoms with E-state index in [0.717, 1.165) is 24.0 Å². The number of hydrogen-bond donors (Lipinski definition) is 3. The molecule has 0 atom stereocenters. The van der Waals surface area contributed by atoms with Crippen LogP contribution in [0.1, 0.15) is 18.4 Å². The predicted octanol–water partition coefficient (Wildman–Crippen LogP) is 1.31. The van der Waals surface area contributed by atoms with Crippen LogP contribution in [0, 0.1) is 11.7 Å². The van der Waals surface area contributed by atoms with Gasteiger partial charge in [0.05, 0.1) is 6.54 Å². The number of carbonyl (C=O) groups is 2. The van der Waals surface area contributed by atoms with Crippen LogP contribution in [0.15, 0.2) is 24.3 Å². The molecule has 0 saturated heterocycles. The molecule has 0 unspecified atom stereocenters. The number of amides is 2. The fourth-order valence-corrected chi connectivity index (χ4v) is 2.55. The molecule has 1 aliphatic rings. The van der Waals surface area contributed by atoms with E-state index in [9.17, 15) is 9.59 Å². The Bertz CT molecular complexity index is 822. The van der Waals surface area contributed by atoms with Crippen molar-refractivity contribution in [3.8, 4) is 11.4 Å². The maximum Gasteiger partial charge on any atom is 0.240 e. The van der Waals surface area contributed by atoms with Gasteiger partial charge in [0.1, 0.15) is 6.54 Å². The van der Waals surface area contributed by atoms with Crippen LogP contribution < -0.4 is 10.6 Å². The van der Waals surface area contributed by atoms with Gasteiger partial charge in [0, 0.05) is 11.6 Å². The number of benzene rings is 1. The van der Waals surface area contributed by atoms with E-state index in [0.29, 0.717) is 10.6 Å². The Labute approximate surface area is 144 Å². The molecule has 0 aliphatic heterocycles. The molecule has 1 saturated carbocycles. The summed E-state index contributed by atoms with van der Waals surface area (Å²) in [6.45, 7) is 1.97. The number of hydrogen-bond acceptors (Lipinski definition) is 4. The molecule has 3 rings (SSSR count). The van der Waals surface area contributed by atoms with Crippen LogP contribution in [0.2, 0.25) is 0 Å². The van der Waals surface area contributed by atoms with Crippen LogP contribution in [0.4, 0.5) is 0 Å². The molecule has 2 aromatic rings. The predicted molar refractivity (Wildman–Crippen MR) is 91.8 cm³/mol. The minimum absolute atomic E-state index is 0.00924. The van der Waals surface area contributed by atoms with E-state index in [4.69, 9.17) is 12.2 Å². The summed E-state index contributed by atoms with van der Waals surface area (Å²) in [5.41, 5.74) is 1.97. The second-order valence-corrected chi connectivity index (χ2v) is 6.31. The third kappa shape index (κ3) is 4.08. The molecule has 1 fully saturated rings. The number of H-pyrrole nitrogens is 1. The highest BCUT2D eigenvalue weighted by Crippen LogP contribution is 2.19. The zero-order valence-electron chi connectivity index (χ0n) is 13.3. The third-order valence-corrected chi connectivity index (χ3v) is 4.04. The maximum absolute atomic E-state index is 12.1. The largest absolute Gasteiger partial charge is 0.352 e. The number of nitrogens with one attached hydrogen (secondary N) is 3. The molecule has 1 aromatic heterocycles. The van der Waals surface area contributed by atoms with Gasteiger partial charge >= 0.3 is 0 Å². The molecule has 3 N–H and O–H groups in total. The molecule has 24 heavy (non-hydrogen) atoms. The summed E-state index contributed by atoms with van der Waals surface area (Å²) in [5.74, 6) is 0.147. The maximum atomic E-state index is 12.1. The zero-order chi connectivity index (χ0) is 17.1. The number of rotatable bonds is 6. The van der Waals surface area contributed by atoms with Gasteiger partial charge in [0.25, 0.3) is 0 Å². The number of carbonyl (C=O) groups excluding carboxylic acids is 2. The van der Waals surface area contributed by atoms with E-state index < -0.39 is 0 Å². The zero-order valence-corrected chi connectivity index (χ0v) is 14.2. The lowest BCUT2D eigenvalue weighted by Gasteiger charge is -2.09. The molecular formula is C16H19N5O2S. The number of nitrogens with zero attached hydrogens (tertiary/aromatic N) is 2. The van der Waals surface area contributed by atoms with E-state index in [2.05, 4.69) is 20.8 Å². The van der Waals surface area contributed by atoms with Crippen molar-refractivity contribution in [1.82, 2.24) is 25.4 Å². The summed E-state index contributed by atoms with van der Waals surface area (Å²) in [7, 11) is 0. The van der Waals surface area contributed by atoms with Crippen LogP contribution in [-0.4, -0.2) is 39.2 Å². The first-order valence-corrected chi connectivity index (χ1v) is 8.22. The first-order valence-electron chi connectivity index (χ1n) is 7.81. The van der Waals surface area contributed by atoms with E-state index >= 15 is 0 Å².